The fraction of sp³-hybridized carbons (Fsp3) is 0.571. The first kappa shape index (κ1) is 15.1. The van der Waals surface area contributed by atoms with Gasteiger partial charge in [0.1, 0.15) is 11.6 Å². The molecule has 1 rings (SSSR count). The smallest absolute Gasteiger partial charge is 0.129 e. The summed E-state index contributed by atoms with van der Waals surface area (Å²) in [5.41, 5.74) is 5.60. The van der Waals surface area contributed by atoms with Crippen LogP contribution in [0, 0.1) is 11.6 Å². The van der Waals surface area contributed by atoms with Gasteiger partial charge >= 0.3 is 0 Å². The standard InChI is InChI=1S/C14H21F2NO/c1-4-14(5-2,18-3)13(17)9-10-11(15)7-6-8-12(10)16/h6-8,13H,4-5,9,17H2,1-3H3. The Morgan fingerprint density at radius 1 is 1.22 bits per heavy atom. The molecular weight excluding hydrogens is 236 g/mol. The third kappa shape index (κ3) is 2.87. The minimum atomic E-state index is -0.553. The lowest BCUT2D eigenvalue weighted by molar-refractivity contribution is -0.0377. The van der Waals surface area contributed by atoms with Crippen molar-refractivity contribution in [3.63, 3.8) is 0 Å². The normalized spacial score (nSPS) is 13.7. The van der Waals surface area contributed by atoms with Crippen LogP contribution in [-0.4, -0.2) is 18.8 Å². The average molecular weight is 257 g/mol. The molecule has 1 unspecified atom stereocenters. The van der Waals surface area contributed by atoms with E-state index in [1.807, 2.05) is 13.8 Å². The number of methoxy groups -OCH3 is 1. The Kier molecular flexibility index (Phi) is 5.23. The van der Waals surface area contributed by atoms with E-state index in [9.17, 15) is 8.78 Å². The highest BCUT2D eigenvalue weighted by Gasteiger charge is 2.34. The number of hydrogen-bond acceptors (Lipinski definition) is 2. The predicted molar refractivity (Wildman–Crippen MR) is 68.4 cm³/mol. The lowest BCUT2D eigenvalue weighted by Crippen LogP contribution is -2.50. The van der Waals surface area contributed by atoms with Gasteiger partial charge in [0.25, 0.3) is 0 Å². The zero-order chi connectivity index (χ0) is 13.8. The summed E-state index contributed by atoms with van der Waals surface area (Å²) < 4.78 is 32.6. The number of ether oxygens (including phenoxy) is 1. The molecule has 0 aliphatic heterocycles. The average Bonchev–Trinajstić information content (AvgIpc) is 2.37. The maximum Gasteiger partial charge on any atom is 0.129 e. The van der Waals surface area contributed by atoms with Crippen molar-refractivity contribution in [1.29, 1.82) is 0 Å². The van der Waals surface area contributed by atoms with Crippen molar-refractivity contribution in [2.75, 3.05) is 7.11 Å². The Morgan fingerprint density at radius 2 is 1.72 bits per heavy atom. The molecule has 1 atom stereocenters. The third-order valence-electron chi connectivity index (χ3n) is 3.76. The molecule has 0 spiro atoms. The molecule has 0 fully saturated rings. The van der Waals surface area contributed by atoms with Crippen LogP contribution in [0.2, 0.25) is 0 Å². The van der Waals surface area contributed by atoms with E-state index in [0.29, 0.717) is 12.8 Å². The van der Waals surface area contributed by atoms with Crippen LogP contribution in [0.25, 0.3) is 0 Å². The van der Waals surface area contributed by atoms with Crippen molar-refractivity contribution in [3.05, 3.63) is 35.4 Å². The monoisotopic (exact) mass is 257 g/mol. The molecule has 2 N–H and O–H groups in total. The summed E-state index contributed by atoms with van der Waals surface area (Å²) in [6.45, 7) is 3.93. The van der Waals surface area contributed by atoms with Gasteiger partial charge in [-0.15, -0.1) is 0 Å². The Morgan fingerprint density at radius 3 is 2.11 bits per heavy atom. The summed E-state index contributed by atoms with van der Waals surface area (Å²) in [6, 6.07) is 3.40. The van der Waals surface area contributed by atoms with Gasteiger partial charge in [-0.25, -0.2) is 8.78 Å². The molecule has 0 bridgehead atoms. The van der Waals surface area contributed by atoms with E-state index in [1.165, 1.54) is 18.2 Å². The minimum Gasteiger partial charge on any atom is -0.377 e. The highest BCUT2D eigenvalue weighted by Crippen LogP contribution is 2.26. The molecule has 18 heavy (non-hydrogen) atoms. The molecule has 0 amide bonds. The van der Waals surface area contributed by atoms with Crippen LogP contribution in [-0.2, 0) is 11.2 Å². The first-order chi connectivity index (χ1) is 8.50. The number of benzene rings is 1. The Bertz CT molecular complexity index is 363. The van der Waals surface area contributed by atoms with Gasteiger partial charge in [-0.1, -0.05) is 19.9 Å². The minimum absolute atomic E-state index is 0.0355. The van der Waals surface area contributed by atoms with Gasteiger partial charge in [0.15, 0.2) is 0 Å². The van der Waals surface area contributed by atoms with Crippen molar-refractivity contribution in [3.8, 4) is 0 Å². The molecule has 1 aromatic rings. The van der Waals surface area contributed by atoms with Gasteiger partial charge < -0.3 is 10.5 Å². The predicted octanol–water partition coefficient (Wildman–Crippen LogP) is 3.04. The molecule has 0 heterocycles. The summed E-state index contributed by atoms with van der Waals surface area (Å²) in [6.07, 6.45) is 1.54. The highest BCUT2D eigenvalue weighted by molar-refractivity contribution is 5.21. The van der Waals surface area contributed by atoms with E-state index in [1.54, 1.807) is 7.11 Å². The summed E-state index contributed by atoms with van der Waals surface area (Å²) in [4.78, 5) is 0. The van der Waals surface area contributed by atoms with Crippen molar-refractivity contribution in [2.24, 2.45) is 5.73 Å². The van der Waals surface area contributed by atoms with E-state index >= 15 is 0 Å². The van der Waals surface area contributed by atoms with Gasteiger partial charge in [-0.3, -0.25) is 0 Å². The van der Waals surface area contributed by atoms with Crippen molar-refractivity contribution in [1.82, 2.24) is 0 Å². The molecule has 0 aliphatic carbocycles. The van der Waals surface area contributed by atoms with Crippen LogP contribution >= 0.6 is 0 Å². The fourth-order valence-corrected chi connectivity index (χ4v) is 2.35. The second-order valence-electron chi connectivity index (χ2n) is 4.49. The van der Waals surface area contributed by atoms with E-state index in [4.69, 9.17) is 10.5 Å². The summed E-state index contributed by atoms with van der Waals surface area (Å²) >= 11 is 0. The van der Waals surface area contributed by atoms with Gasteiger partial charge in [0.05, 0.1) is 5.60 Å². The molecule has 0 saturated carbocycles. The number of hydrogen-bond donors (Lipinski definition) is 1. The zero-order valence-electron chi connectivity index (χ0n) is 11.2. The molecule has 0 saturated heterocycles. The molecule has 2 nitrogen and oxygen atoms in total. The molecule has 0 radical (unpaired) electrons. The quantitative estimate of drug-likeness (QED) is 0.850. The third-order valence-corrected chi connectivity index (χ3v) is 3.76. The second-order valence-corrected chi connectivity index (χ2v) is 4.49. The number of nitrogens with two attached hydrogens (primary N) is 1. The Labute approximate surface area is 107 Å². The van der Waals surface area contributed by atoms with Crippen LogP contribution in [0.5, 0.6) is 0 Å². The highest BCUT2D eigenvalue weighted by atomic mass is 19.1. The molecular formula is C14H21F2NO. The molecule has 102 valence electrons. The summed E-state index contributed by atoms with van der Waals surface area (Å²) in [5, 5.41) is 0. The second kappa shape index (κ2) is 6.25. The van der Waals surface area contributed by atoms with Gasteiger partial charge in [0.2, 0.25) is 0 Å². The Balaban J connectivity index is 2.96. The molecule has 0 aromatic heterocycles. The van der Waals surface area contributed by atoms with E-state index in [-0.39, 0.29) is 12.0 Å². The zero-order valence-corrected chi connectivity index (χ0v) is 11.2. The van der Waals surface area contributed by atoms with E-state index < -0.39 is 23.3 Å². The maximum absolute atomic E-state index is 13.6. The van der Waals surface area contributed by atoms with Crippen molar-refractivity contribution >= 4 is 0 Å². The van der Waals surface area contributed by atoms with Crippen LogP contribution in [0.4, 0.5) is 8.78 Å². The first-order valence-electron chi connectivity index (χ1n) is 6.24. The van der Waals surface area contributed by atoms with Crippen LogP contribution in [0.3, 0.4) is 0 Å². The molecule has 1 aromatic carbocycles. The largest absolute Gasteiger partial charge is 0.377 e. The van der Waals surface area contributed by atoms with E-state index in [0.717, 1.165) is 0 Å². The van der Waals surface area contributed by atoms with Crippen LogP contribution in [0.1, 0.15) is 32.3 Å². The lowest BCUT2D eigenvalue weighted by atomic mass is 9.85. The van der Waals surface area contributed by atoms with Crippen molar-refractivity contribution < 1.29 is 13.5 Å². The van der Waals surface area contributed by atoms with Gasteiger partial charge in [-0.05, 0) is 31.4 Å². The van der Waals surface area contributed by atoms with Crippen molar-refractivity contribution in [2.45, 2.75) is 44.8 Å². The first-order valence-corrected chi connectivity index (χ1v) is 6.24. The Hall–Kier alpha value is -1.00. The topological polar surface area (TPSA) is 35.2 Å². The van der Waals surface area contributed by atoms with Crippen LogP contribution in [0.15, 0.2) is 18.2 Å². The van der Waals surface area contributed by atoms with Gasteiger partial charge in [-0.2, -0.15) is 0 Å². The number of halogens is 2. The van der Waals surface area contributed by atoms with Crippen LogP contribution < -0.4 is 5.73 Å². The number of rotatable bonds is 6. The SMILES string of the molecule is CCC(CC)(OC)C(N)Cc1c(F)cccc1F. The summed E-state index contributed by atoms with van der Waals surface area (Å²) in [7, 11) is 1.59. The van der Waals surface area contributed by atoms with E-state index in [2.05, 4.69) is 0 Å². The molecule has 0 aliphatic rings. The summed E-state index contributed by atoms with van der Waals surface area (Å²) in [5.74, 6) is -1.11. The molecule has 4 heteroatoms. The lowest BCUT2D eigenvalue weighted by Gasteiger charge is -2.36. The maximum atomic E-state index is 13.6. The fourth-order valence-electron chi connectivity index (χ4n) is 2.35. The van der Waals surface area contributed by atoms with Gasteiger partial charge in [0, 0.05) is 18.7 Å².